The second-order valence-corrected chi connectivity index (χ2v) is 18.1. The first-order valence-electron chi connectivity index (χ1n) is 25.2. The predicted octanol–water partition coefficient (Wildman–Crippen LogP) is 14.0. The number of allylic oxidation sites excluding steroid dienone is 10. The molecular formula is C52H91O11P. The Hall–Kier alpha value is -2.82. The molecule has 3 atom stereocenters. The highest BCUT2D eigenvalue weighted by atomic mass is 31.2. The first-order valence-corrected chi connectivity index (χ1v) is 26.7. The van der Waals surface area contributed by atoms with Crippen LogP contribution in [-0.2, 0) is 42.2 Å². The van der Waals surface area contributed by atoms with E-state index in [4.69, 9.17) is 23.3 Å². The molecule has 0 aliphatic carbocycles. The quantitative estimate of drug-likeness (QED) is 0.0197. The van der Waals surface area contributed by atoms with Crippen LogP contribution in [0, 0.1) is 0 Å². The average Bonchev–Trinajstić information content (AvgIpc) is 3.28. The number of hydrogen-bond donors (Lipinski definition) is 2. The fourth-order valence-corrected chi connectivity index (χ4v) is 7.37. The van der Waals surface area contributed by atoms with Gasteiger partial charge in [0.2, 0.25) is 0 Å². The third-order valence-electron chi connectivity index (χ3n) is 10.4. The van der Waals surface area contributed by atoms with Gasteiger partial charge in [0, 0.05) is 19.3 Å². The standard InChI is InChI=1S/C52H91O11P/c1-4-7-10-13-16-19-21-23-24-26-27-30-32-35-38-41-50(54)59-45-49(63-52(56)43-40-37-34-31-28-25-22-20-17-14-11-8-5-2)47-61-64(57,58)60-46-48(44-53)62-51(55)42-39-36-33-29-18-15-12-9-6-3/h7,10-11,14,16,19-20,22-24,48-49,53H,4-6,8-9,12-13,15,17-18,21,25-47H2,1-3H3,(H,57,58)/b10-7-,14-11-,19-16-,22-20-,24-23-. The Bertz CT molecular complexity index is 1310. The van der Waals surface area contributed by atoms with E-state index in [-0.39, 0.29) is 25.9 Å². The van der Waals surface area contributed by atoms with Gasteiger partial charge in [-0.15, -0.1) is 0 Å². The van der Waals surface area contributed by atoms with Crippen molar-refractivity contribution in [2.24, 2.45) is 0 Å². The van der Waals surface area contributed by atoms with Gasteiger partial charge in [-0.05, 0) is 77.0 Å². The van der Waals surface area contributed by atoms with Crippen LogP contribution in [-0.4, -0.2) is 66.5 Å². The van der Waals surface area contributed by atoms with Crippen LogP contribution in [0.1, 0.15) is 213 Å². The lowest BCUT2D eigenvalue weighted by Gasteiger charge is -2.21. The number of hydrogen-bond acceptors (Lipinski definition) is 10. The molecule has 0 rings (SSSR count). The minimum Gasteiger partial charge on any atom is -0.462 e. The third-order valence-corrected chi connectivity index (χ3v) is 11.4. The molecule has 11 nitrogen and oxygen atoms in total. The molecule has 0 saturated heterocycles. The van der Waals surface area contributed by atoms with Crippen molar-refractivity contribution in [3.63, 3.8) is 0 Å². The fraction of sp³-hybridized carbons (Fsp3) is 0.750. The molecular weight excluding hydrogens is 832 g/mol. The Morgan fingerprint density at radius 1 is 0.453 bits per heavy atom. The van der Waals surface area contributed by atoms with Crippen LogP contribution >= 0.6 is 7.82 Å². The summed E-state index contributed by atoms with van der Waals surface area (Å²) in [7, 11) is -4.74. The number of ether oxygens (including phenoxy) is 3. The number of carbonyl (C=O) groups is 3. The number of phosphoric ester groups is 1. The molecule has 0 amide bonds. The average molecular weight is 923 g/mol. The molecule has 0 aromatic rings. The van der Waals surface area contributed by atoms with Crippen molar-refractivity contribution in [1.29, 1.82) is 0 Å². The summed E-state index contributed by atoms with van der Waals surface area (Å²) in [5.41, 5.74) is 0. The van der Waals surface area contributed by atoms with Gasteiger partial charge < -0.3 is 24.2 Å². The monoisotopic (exact) mass is 923 g/mol. The van der Waals surface area contributed by atoms with Gasteiger partial charge in [0.15, 0.2) is 6.10 Å². The summed E-state index contributed by atoms with van der Waals surface area (Å²) in [6, 6.07) is 0. The maximum atomic E-state index is 12.8. The first kappa shape index (κ1) is 61.2. The number of aliphatic hydroxyl groups is 1. The van der Waals surface area contributed by atoms with Crippen molar-refractivity contribution in [3.05, 3.63) is 60.8 Å². The van der Waals surface area contributed by atoms with Crippen molar-refractivity contribution < 1.29 is 52.2 Å². The van der Waals surface area contributed by atoms with Crippen LogP contribution in [0.2, 0.25) is 0 Å². The van der Waals surface area contributed by atoms with E-state index >= 15 is 0 Å². The zero-order valence-corrected chi connectivity index (χ0v) is 41.4. The highest BCUT2D eigenvalue weighted by molar-refractivity contribution is 7.47. The summed E-state index contributed by atoms with van der Waals surface area (Å²) in [5, 5.41) is 9.73. The first-order chi connectivity index (χ1) is 31.2. The van der Waals surface area contributed by atoms with Crippen LogP contribution in [0.5, 0.6) is 0 Å². The Balaban J connectivity index is 4.79. The number of phosphoric acid groups is 1. The molecule has 0 aliphatic heterocycles. The molecule has 0 bridgehead atoms. The minimum absolute atomic E-state index is 0.147. The largest absolute Gasteiger partial charge is 0.472 e. The van der Waals surface area contributed by atoms with E-state index in [1.807, 2.05) is 0 Å². The Morgan fingerprint density at radius 3 is 1.31 bits per heavy atom. The lowest BCUT2D eigenvalue weighted by Crippen LogP contribution is -2.30. The van der Waals surface area contributed by atoms with E-state index in [0.29, 0.717) is 19.3 Å². The molecule has 0 aliphatic rings. The second-order valence-electron chi connectivity index (χ2n) is 16.6. The van der Waals surface area contributed by atoms with E-state index in [1.54, 1.807) is 0 Å². The van der Waals surface area contributed by atoms with E-state index < -0.39 is 57.8 Å². The summed E-state index contributed by atoms with van der Waals surface area (Å²) < 4.78 is 39.2. The molecule has 0 heterocycles. The molecule has 0 aromatic heterocycles. The predicted molar refractivity (Wildman–Crippen MR) is 261 cm³/mol. The van der Waals surface area contributed by atoms with Crippen molar-refractivity contribution >= 4 is 25.7 Å². The summed E-state index contributed by atoms with van der Waals surface area (Å²) in [6.07, 6.45) is 47.7. The number of esters is 3. The third kappa shape index (κ3) is 44.4. The Kier molecular flexibility index (Phi) is 44.6. The van der Waals surface area contributed by atoms with Gasteiger partial charge in [0.05, 0.1) is 19.8 Å². The van der Waals surface area contributed by atoms with Crippen LogP contribution in [0.4, 0.5) is 0 Å². The molecule has 0 aromatic carbocycles. The Morgan fingerprint density at radius 2 is 0.844 bits per heavy atom. The molecule has 64 heavy (non-hydrogen) atoms. The van der Waals surface area contributed by atoms with Gasteiger partial charge in [0.25, 0.3) is 0 Å². The normalized spacial score (nSPS) is 14.0. The van der Waals surface area contributed by atoms with Gasteiger partial charge in [0.1, 0.15) is 12.7 Å². The fourth-order valence-electron chi connectivity index (χ4n) is 6.58. The lowest BCUT2D eigenvalue weighted by molar-refractivity contribution is -0.161. The summed E-state index contributed by atoms with van der Waals surface area (Å²) >= 11 is 0. The molecule has 370 valence electrons. The van der Waals surface area contributed by atoms with Crippen LogP contribution in [0.15, 0.2) is 60.8 Å². The Labute approximate surface area is 389 Å². The second kappa shape index (κ2) is 46.7. The number of rotatable bonds is 46. The number of aliphatic hydroxyl groups excluding tert-OH is 1. The van der Waals surface area contributed by atoms with Gasteiger partial charge in [-0.2, -0.15) is 0 Å². The smallest absolute Gasteiger partial charge is 0.462 e. The topological polar surface area (TPSA) is 155 Å². The highest BCUT2D eigenvalue weighted by Gasteiger charge is 2.28. The van der Waals surface area contributed by atoms with Crippen molar-refractivity contribution in [2.75, 3.05) is 26.4 Å². The summed E-state index contributed by atoms with van der Waals surface area (Å²) in [4.78, 5) is 48.2. The van der Waals surface area contributed by atoms with E-state index in [1.165, 1.54) is 32.1 Å². The molecule has 0 spiro atoms. The molecule has 0 radical (unpaired) electrons. The number of carbonyl (C=O) groups excluding carboxylic acids is 3. The SMILES string of the molecule is CC/C=C\C/C=C\C/C=C\CCCCCCCC(=O)OCC(COP(=O)(O)OCC(CO)OC(=O)CCCCCCCCCCC)OC(=O)CCCCCCC/C=C\C/C=C\CCC. The summed E-state index contributed by atoms with van der Waals surface area (Å²) in [5.74, 6) is -1.50. The zero-order valence-electron chi connectivity index (χ0n) is 40.5. The maximum Gasteiger partial charge on any atom is 0.472 e. The van der Waals surface area contributed by atoms with E-state index in [0.717, 1.165) is 122 Å². The van der Waals surface area contributed by atoms with Crippen molar-refractivity contribution in [3.8, 4) is 0 Å². The highest BCUT2D eigenvalue weighted by Crippen LogP contribution is 2.43. The van der Waals surface area contributed by atoms with Crippen LogP contribution in [0.3, 0.4) is 0 Å². The molecule has 12 heteroatoms. The van der Waals surface area contributed by atoms with Crippen molar-refractivity contribution in [1.82, 2.24) is 0 Å². The maximum absolute atomic E-state index is 12.8. The van der Waals surface area contributed by atoms with E-state index in [9.17, 15) is 28.9 Å². The van der Waals surface area contributed by atoms with Crippen LogP contribution in [0.25, 0.3) is 0 Å². The lowest BCUT2D eigenvalue weighted by atomic mass is 10.1. The van der Waals surface area contributed by atoms with Gasteiger partial charge in [-0.25, -0.2) is 4.57 Å². The van der Waals surface area contributed by atoms with Gasteiger partial charge in [-0.3, -0.25) is 23.4 Å². The van der Waals surface area contributed by atoms with Gasteiger partial charge >= 0.3 is 25.7 Å². The van der Waals surface area contributed by atoms with Crippen molar-refractivity contribution in [2.45, 2.75) is 226 Å². The zero-order chi connectivity index (χ0) is 47.0. The molecule has 0 saturated carbocycles. The minimum atomic E-state index is -4.74. The van der Waals surface area contributed by atoms with Crippen LogP contribution < -0.4 is 0 Å². The van der Waals surface area contributed by atoms with E-state index in [2.05, 4.69) is 81.5 Å². The molecule has 3 unspecified atom stereocenters. The molecule has 2 N–H and O–H groups in total. The van der Waals surface area contributed by atoms with Gasteiger partial charge in [-0.1, -0.05) is 178 Å². The summed E-state index contributed by atoms with van der Waals surface area (Å²) in [6.45, 7) is 4.39. The molecule has 0 fully saturated rings. The number of unbranched alkanes of at least 4 members (excludes halogenated alkanes) is 19.